The number of carbonyl (C=O) groups excluding carboxylic acids is 1. The molecule has 3 aromatic carbocycles. The first-order valence-corrected chi connectivity index (χ1v) is 15.4. The number of carboxylic acids is 1. The maximum atomic E-state index is 12.6. The second kappa shape index (κ2) is 17.3. The summed E-state index contributed by atoms with van der Waals surface area (Å²) in [6, 6.07) is 24.9. The van der Waals surface area contributed by atoms with E-state index >= 15 is 0 Å². The lowest BCUT2D eigenvalue weighted by Crippen LogP contribution is -2.34. The van der Waals surface area contributed by atoms with Crippen LogP contribution in [-0.2, 0) is 33.8 Å². The van der Waals surface area contributed by atoms with E-state index in [1.807, 2.05) is 56.3 Å². The van der Waals surface area contributed by atoms with Gasteiger partial charge < -0.3 is 15.2 Å². The summed E-state index contributed by atoms with van der Waals surface area (Å²) in [6.45, 7) is 7.19. The molecule has 0 aliphatic rings. The van der Waals surface area contributed by atoms with Crippen LogP contribution in [0.2, 0.25) is 0 Å². The first-order valence-electron chi connectivity index (χ1n) is 15.4. The molecule has 0 saturated carbocycles. The number of carbonyl (C=O) groups is 2. The largest absolute Gasteiger partial charge is 0.481 e. The highest BCUT2D eigenvalue weighted by atomic mass is 16.5. The van der Waals surface area contributed by atoms with Gasteiger partial charge in [-0.15, -0.1) is 0 Å². The number of aliphatic carboxylic acids is 1. The molecule has 0 bridgehead atoms. The predicted molar refractivity (Wildman–Crippen MR) is 173 cm³/mol. The lowest BCUT2D eigenvalue weighted by atomic mass is 9.79. The van der Waals surface area contributed by atoms with Gasteiger partial charge in [-0.05, 0) is 91.0 Å². The van der Waals surface area contributed by atoms with Crippen LogP contribution in [0.1, 0.15) is 93.5 Å². The number of ether oxygens (including phenoxy) is 1. The molecule has 0 fully saturated rings. The van der Waals surface area contributed by atoms with Crippen molar-refractivity contribution in [2.45, 2.75) is 85.2 Å². The van der Waals surface area contributed by atoms with Crippen molar-refractivity contribution in [3.8, 4) is 0 Å². The molecular formula is C37H47NO4. The summed E-state index contributed by atoms with van der Waals surface area (Å²) >= 11 is 0. The zero-order valence-electron chi connectivity index (χ0n) is 25.5. The lowest BCUT2D eigenvalue weighted by molar-refractivity contribution is -0.151. The summed E-state index contributed by atoms with van der Waals surface area (Å²) in [5.41, 5.74) is 5.61. The van der Waals surface area contributed by atoms with Gasteiger partial charge in [0.15, 0.2) is 0 Å². The van der Waals surface area contributed by atoms with Crippen molar-refractivity contribution < 1.29 is 19.4 Å². The lowest BCUT2D eigenvalue weighted by Gasteiger charge is -2.25. The maximum absolute atomic E-state index is 12.6. The summed E-state index contributed by atoms with van der Waals surface area (Å²) < 4.78 is 5.96. The Morgan fingerprint density at radius 3 is 2.02 bits per heavy atom. The Balaban J connectivity index is 1.44. The van der Waals surface area contributed by atoms with Gasteiger partial charge in [0.05, 0.1) is 12.0 Å². The van der Waals surface area contributed by atoms with Crippen molar-refractivity contribution in [1.82, 2.24) is 0 Å². The van der Waals surface area contributed by atoms with E-state index in [9.17, 15) is 14.7 Å². The molecule has 5 heteroatoms. The van der Waals surface area contributed by atoms with Crippen molar-refractivity contribution >= 4 is 29.7 Å². The zero-order chi connectivity index (χ0) is 30.2. The zero-order valence-corrected chi connectivity index (χ0v) is 25.5. The average Bonchev–Trinajstić information content (AvgIpc) is 3.00. The van der Waals surface area contributed by atoms with Gasteiger partial charge in [-0.2, -0.15) is 0 Å². The smallest absolute Gasteiger partial charge is 0.310 e. The van der Waals surface area contributed by atoms with E-state index in [0.29, 0.717) is 25.1 Å². The monoisotopic (exact) mass is 569 g/mol. The number of carboxylic acid groups (broad SMARTS) is 1. The predicted octanol–water partition coefficient (Wildman–Crippen LogP) is 8.96. The fourth-order valence-electron chi connectivity index (χ4n) is 5.07. The molecule has 224 valence electrons. The fourth-order valence-corrected chi connectivity index (χ4v) is 5.07. The van der Waals surface area contributed by atoms with Crippen LogP contribution in [0.25, 0.3) is 12.2 Å². The van der Waals surface area contributed by atoms with E-state index in [2.05, 4.69) is 54.7 Å². The molecule has 0 aliphatic heterocycles. The van der Waals surface area contributed by atoms with Crippen LogP contribution in [0, 0.1) is 5.41 Å². The van der Waals surface area contributed by atoms with Crippen LogP contribution in [0.5, 0.6) is 0 Å². The first kappa shape index (κ1) is 32.8. The summed E-state index contributed by atoms with van der Waals surface area (Å²) in [5.74, 6) is -1.21. The molecule has 0 aliphatic carbocycles. The van der Waals surface area contributed by atoms with Crippen molar-refractivity contribution in [2.75, 3.05) is 11.9 Å². The van der Waals surface area contributed by atoms with E-state index in [1.165, 1.54) is 30.4 Å². The maximum Gasteiger partial charge on any atom is 0.310 e. The van der Waals surface area contributed by atoms with E-state index in [4.69, 9.17) is 4.74 Å². The van der Waals surface area contributed by atoms with Gasteiger partial charge in [0.25, 0.3) is 0 Å². The Morgan fingerprint density at radius 1 is 0.786 bits per heavy atom. The van der Waals surface area contributed by atoms with Crippen molar-refractivity contribution in [1.29, 1.82) is 0 Å². The Morgan fingerprint density at radius 2 is 1.40 bits per heavy atom. The number of unbranched alkanes of at least 4 members (excludes halogenated alkanes) is 2. The Kier molecular flexibility index (Phi) is 13.5. The molecule has 0 unspecified atom stereocenters. The van der Waals surface area contributed by atoms with Gasteiger partial charge >= 0.3 is 5.97 Å². The molecule has 0 radical (unpaired) electrons. The number of hydrogen-bond donors (Lipinski definition) is 2. The summed E-state index contributed by atoms with van der Waals surface area (Å²) in [4.78, 5) is 24.4. The molecule has 1 amide bonds. The van der Waals surface area contributed by atoms with E-state index in [-0.39, 0.29) is 12.3 Å². The van der Waals surface area contributed by atoms with Gasteiger partial charge in [-0.25, -0.2) is 0 Å². The fraction of sp³-hybridized carbons (Fsp3) is 0.405. The van der Waals surface area contributed by atoms with Crippen molar-refractivity contribution in [3.05, 3.63) is 101 Å². The van der Waals surface area contributed by atoms with Crippen LogP contribution in [0.15, 0.2) is 72.8 Å². The van der Waals surface area contributed by atoms with Gasteiger partial charge in [0, 0.05) is 18.7 Å². The third-order valence-electron chi connectivity index (χ3n) is 8.01. The van der Waals surface area contributed by atoms with Crippen LogP contribution in [0.4, 0.5) is 5.69 Å². The van der Waals surface area contributed by atoms with Crippen LogP contribution in [-0.4, -0.2) is 23.6 Å². The number of amides is 1. The van der Waals surface area contributed by atoms with Crippen LogP contribution >= 0.6 is 0 Å². The molecule has 3 rings (SSSR count). The molecule has 5 nitrogen and oxygen atoms in total. The van der Waals surface area contributed by atoms with Crippen LogP contribution in [0.3, 0.4) is 0 Å². The molecule has 42 heavy (non-hydrogen) atoms. The number of rotatable bonds is 18. The molecular weight excluding hydrogens is 522 g/mol. The second-order valence-electron chi connectivity index (χ2n) is 11.2. The molecule has 0 atom stereocenters. The highest BCUT2D eigenvalue weighted by molar-refractivity contribution is 5.94. The third kappa shape index (κ3) is 10.6. The molecule has 0 aromatic heterocycles. The molecule has 0 saturated heterocycles. The topological polar surface area (TPSA) is 75.6 Å². The number of anilines is 1. The van der Waals surface area contributed by atoms with Gasteiger partial charge in [0.2, 0.25) is 5.91 Å². The second-order valence-corrected chi connectivity index (χ2v) is 11.2. The SMILES string of the molecule is CCCCc1ccc(CCCCOCc2cccc(C=Cc3cccc(NC(=O)CC(CC)(CC)C(=O)O)c3)c2)cc1. The molecule has 0 spiro atoms. The minimum atomic E-state index is -1.03. The third-order valence-corrected chi connectivity index (χ3v) is 8.01. The summed E-state index contributed by atoms with van der Waals surface area (Å²) in [6.07, 6.45) is 11.7. The van der Waals surface area contributed by atoms with Gasteiger partial charge in [-0.1, -0.05) is 93.9 Å². The average molecular weight is 570 g/mol. The van der Waals surface area contributed by atoms with Crippen LogP contribution < -0.4 is 5.32 Å². The number of aryl methyl sites for hydroxylation is 2. The number of hydrogen-bond acceptors (Lipinski definition) is 3. The highest BCUT2D eigenvalue weighted by Crippen LogP contribution is 2.31. The minimum absolute atomic E-state index is 0.0444. The highest BCUT2D eigenvalue weighted by Gasteiger charge is 2.37. The molecule has 2 N–H and O–H groups in total. The summed E-state index contributed by atoms with van der Waals surface area (Å²) in [7, 11) is 0. The first-order chi connectivity index (χ1) is 20.4. The Bertz CT molecular complexity index is 1290. The number of benzene rings is 3. The van der Waals surface area contributed by atoms with E-state index in [0.717, 1.165) is 42.6 Å². The normalized spacial score (nSPS) is 11.6. The Hall–Kier alpha value is -3.70. The van der Waals surface area contributed by atoms with E-state index in [1.54, 1.807) is 0 Å². The quantitative estimate of drug-likeness (QED) is 0.118. The van der Waals surface area contributed by atoms with Crippen molar-refractivity contribution in [2.24, 2.45) is 5.41 Å². The van der Waals surface area contributed by atoms with Gasteiger partial charge in [-0.3, -0.25) is 9.59 Å². The Labute approximate surface area is 252 Å². The standard InChI is InChI=1S/C37H47NO4/c1-4-7-12-29-18-20-30(21-19-29)13-8-9-24-42-28-33-16-10-14-31(25-33)22-23-32-15-11-17-34(26-32)38-35(39)27-37(5-2,6-3)36(40)41/h10-11,14-23,25-26H,4-9,12-13,24,27-28H2,1-3H3,(H,38,39)(H,40,41). The van der Waals surface area contributed by atoms with E-state index < -0.39 is 11.4 Å². The van der Waals surface area contributed by atoms with Gasteiger partial charge in [0.1, 0.15) is 0 Å². The number of nitrogens with one attached hydrogen (secondary N) is 1. The summed E-state index contributed by atoms with van der Waals surface area (Å²) in [5, 5.41) is 12.5. The minimum Gasteiger partial charge on any atom is -0.481 e. The molecule has 0 heterocycles. The van der Waals surface area contributed by atoms with Crippen molar-refractivity contribution in [3.63, 3.8) is 0 Å². The molecule has 3 aromatic rings.